The van der Waals surface area contributed by atoms with Crippen LogP contribution in [0, 0.1) is 18.3 Å². The number of halogens is 1. The van der Waals surface area contributed by atoms with Crippen molar-refractivity contribution in [2.45, 2.75) is 6.92 Å². The Hall–Kier alpha value is -2.16. The van der Waals surface area contributed by atoms with E-state index in [9.17, 15) is 5.26 Å². The highest BCUT2D eigenvalue weighted by atomic mass is 79.9. The summed E-state index contributed by atoms with van der Waals surface area (Å²) in [5.74, 6) is 1.48. The third-order valence-corrected chi connectivity index (χ3v) is 4.39. The quantitative estimate of drug-likeness (QED) is 0.568. The van der Waals surface area contributed by atoms with E-state index in [4.69, 9.17) is 4.42 Å². The fourth-order valence-electron chi connectivity index (χ4n) is 1.99. The van der Waals surface area contributed by atoms with E-state index in [1.807, 2.05) is 48.7 Å². The van der Waals surface area contributed by atoms with Crippen molar-refractivity contribution in [2.75, 3.05) is 0 Å². The lowest BCUT2D eigenvalue weighted by atomic mass is 10.2. The molecule has 0 fully saturated rings. The van der Waals surface area contributed by atoms with Gasteiger partial charge in [-0.15, -0.1) is 11.3 Å². The Balaban J connectivity index is 1.95. The van der Waals surface area contributed by atoms with Crippen LogP contribution in [0.1, 0.15) is 16.5 Å². The SMILES string of the molecule is Cc1ccc(/C=C(\C#N)c2nc(-c3cccc(Br)c3)cs2)o1. The monoisotopic (exact) mass is 370 g/mol. The van der Waals surface area contributed by atoms with Gasteiger partial charge in [-0.2, -0.15) is 5.26 Å². The van der Waals surface area contributed by atoms with E-state index in [-0.39, 0.29) is 0 Å². The highest BCUT2D eigenvalue weighted by molar-refractivity contribution is 9.10. The minimum atomic E-state index is 0.501. The van der Waals surface area contributed by atoms with Gasteiger partial charge in [0.25, 0.3) is 0 Å². The summed E-state index contributed by atoms with van der Waals surface area (Å²) in [7, 11) is 0. The number of aromatic nitrogens is 1. The molecule has 108 valence electrons. The second-order valence-electron chi connectivity index (χ2n) is 4.67. The van der Waals surface area contributed by atoms with Crippen LogP contribution in [0.4, 0.5) is 0 Å². The summed E-state index contributed by atoms with van der Waals surface area (Å²) < 4.78 is 6.49. The second kappa shape index (κ2) is 6.30. The number of nitrogens with zero attached hydrogens (tertiary/aromatic N) is 2. The molecule has 2 heterocycles. The van der Waals surface area contributed by atoms with Crippen LogP contribution in [0.3, 0.4) is 0 Å². The molecule has 0 aliphatic rings. The van der Waals surface area contributed by atoms with E-state index in [2.05, 4.69) is 27.0 Å². The number of hydrogen-bond acceptors (Lipinski definition) is 4. The number of benzene rings is 1. The number of thiazole rings is 1. The van der Waals surface area contributed by atoms with Gasteiger partial charge in [-0.1, -0.05) is 28.1 Å². The molecule has 0 radical (unpaired) electrons. The summed E-state index contributed by atoms with van der Waals surface area (Å²) in [4.78, 5) is 4.56. The van der Waals surface area contributed by atoms with Crippen LogP contribution in [0.25, 0.3) is 22.9 Å². The number of nitriles is 1. The topological polar surface area (TPSA) is 49.8 Å². The molecule has 0 spiro atoms. The molecule has 3 rings (SSSR count). The maximum atomic E-state index is 9.37. The maximum absolute atomic E-state index is 9.37. The molecule has 0 N–H and O–H groups in total. The van der Waals surface area contributed by atoms with Crippen LogP contribution in [0.15, 0.2) is 50.7 Å². The molecule has 1 aromatic carbocycles. The average molecular weight is 371 g/mol. The molecule has 0 unspecified atom stereocenters. The van der Waals surface area contributed by atoms with E-state index in [1.165, 1.54) is 11.3 Å². The van der Waals surface area contributed by atoms with Crippen molar-refractivity contribution < 1.29 is 4.42 Å². The molecule has 0 saturated carbocycles. The van der Waals surface area contributed by atoms with Crippen LogP contribution in [0.2, 0.25) is 0 Å². The van der Waals surface area contributed by atoms with Crippen molar-refractivity contribution >= 4 is 38.9 Å². The normalized spacial score (nSPS) is 11.4. The van der Waals surface area contributed by atoms with Crippen molar-refractivity contribution in [2.24, 2.45) is 0 Å². The van der Waals surface area contributed by atoms with Crippen molar-refractivity contribution in [1.82, 2.24) is 4.98 Å². The van der Waals surface area contributed by atoms with Gasteiger partial charge in [0.05, 0.1) is 11.3 Å². The predicted octanol–water partition coefficient (Wildman–Crippen LogP) is 5.54. The minimum absolute atomic E-state index is 0.501. The molecule has 0 aliphatic carbocycles. The van der Waals surface area contributed by atoms with Crippen LogP contribution in [-0.4, -0.2) is 4.98 Å². The van der Waals surface area contributed by atoms with Crippen LogP contribution >= 0.6 is 27.3 Å². The van der Waals surface area contributed by atoms with Crippen LogP contribution in [0.5, 0.6) is 0 Å². The first kappa shape index (κ1) is 14.8. The standard InChI is InChI=1S/C17H11BrN2OS/c1-11-5-6-15(21-11)8-13(9-19)17-20-16(10-22-17)12-3-2-4-14(18)7-12/h2-8,10H,1H3/b13-8+. The molecule has 3 nitrogen and oxygen atoms in total. The Morgan fingerprint density at radius 1 is 1.36 bits per heavy atom. The van der Waals surface area contributed by atoms with Crippen LogP contribution in [-0.2, 0) is 0 Å². The van der Waals surface area contributed by atoms with Crippen molar-refractivity contribution in [3.63, 3.8) is 0 Å². The summed E-state index contributed by atoms with van der Waals surface area (Å²) in [5.41, 5.74) is 2.38. The predicted molar refractivity (Wildman–Crippen MR) is 92.2 cm³/mol. The second-order valence-corrected chi connectivity index (χ2v) is 6.44. The Labute approximate surface area is 140 Å². The number of allylic oxidation sites excluding steroid dienone is 1. The molecule has 0 aliphatic heterocycles. The third-order valence-electron chi connectivity index (χ3n) is 3.02. The first-order chi connectivity index (χ1) is 10.7. The number of furan rings is 1. The van der Waals surface area contributed by atoms with E-state index in [0.717, 1.165) is 21.5 Å². The molecule has 0 atom stereocenters. The van der Waals surface area contributed by atoms with E-state index in [1.54, 1.807) is 6.08 Å². The zero-order chi connectivity index (χ0) is 15.5. The fourth-order valence-corrected chi connectivity index (χ4v) is 3.19. The third kappa shape index (κ3) is 3.19. The molecule has 22 heavy (non-hydrogen) atoms. The lowest BCUT2D eigenvalue weighted by Gasteiger charge is -1.97. The van der Waals surface area contributed by atoms with Gasteiger partial charge in [-0.25, -0.2) is 4.98 Å². The average Bonchev–Trinajstić information content (AvgIpc) is 3.14. The zero-order valence-electron chi connectivity index (χ0n) is 11.7. The van der Waals surface area contributed by atoms with Gasteiger partial charge in [0.15, 0.2) is 0 Å². The Morgan fingerprint density at radius 3 is 2.91 bits per heavy atom. The van der Waals surface area contributed by atoms with Crippen molar-refractivity contribution in [3.8, 4) is 17.3 Å². The summed E-state index contributed by atoms with van der Waals surface area (Å²) in [6, 6.07) is 13.8. The molecule has 0 bridgehead atoms. The van der Waals surface area contributed by atoms with Gasteiger partial charge in [0, 0.05) is 21.5 Å². The van der Waals surface area contributed by atoms with Crippen LogP contribution < -0.4 is 0 Å². The van der Waals surface area contributed by atoms with E-state index < -0.39 is 0 Å². The molecular formula is C17H11BrN2OS. The summed E-state index contributed by atoms with van der Waals surface area (Å²) in [6.45, 7) is 1.87. The maximum Gasteiger partial charge on any atom is 0.134 e. The first-order valence-electron chi connectivity index (χ1n) is 6.56. The van der Waals surface area contributed by atoms with Gasteiger partial charge in [0.2, 0.25) is 0 Å². The van der Waals surface area contributed by atoms with E-state index in [0.29, 0.717) is 16.3 Å². The Kier molecular flexibility index (Phi) is 4.23. The lowest BCUT2D eigenvalue weighted by molar-refractivity contribution is 0.525. The zero-order valence-corrected chi connectivity index (χ0v) is 14.1. The van der Waals surface area contributed by atoms with Gasteiger partial charge in [0.1, 0.15) is 22.6 Å². The number of hydrogen-bond donors (Lipinski definition) is 0. The summed E-state index contributed by atoms with van der Waals surface area (Å²) >= 11 is 4.90. The Morgan fingerprint density at radius 2 is 2.23 bits per heavy atom. The number of rotatable bonds is 3. The molecule has 3 aromatic rings. The lowest BCUT2D eigenvalue weighted by Crippen LogP contribution is -1.82. The van der Waals surface area contributed by atoms with Gasteiger partial charge < -0.3 is 4.42 Å². The Bertz CT molecular complexity index is 886. The highest BCUT2D eigenvalue weighted by Gasteiger charge is 2.10. The number of aryl methyl sites for hydroxylation is 1. The molecule has 0 saturated heterocycles. The summed E-state index contributed by atoms with van der Waals surface area (Å²) in [5, 5.41) is 12.0. The van der Waals surface area contributed by atoms with Gasteiger partial charge in [-0.05, 0) is 31.2 Å². The van der Waals surface area contributed by atoms with Gasteiger partial charge in [-0.3, -0.25) is 0 Å². The minimum Gasteiger partial charge on any atom is -0.462 e. The molecule has 2 aromatic heterocycles. The first-order valence-corrected chi connectivity index (χ1v) is 8.23. The van der Waals surface area contributed by atoms with Gasteiger partial charge >= 0.3 is 0 Å². The smallest absolute Gasteiger partial charge is 0.134 e. The fraction of sp³-hybridized carbons (Fsp3) is 0.0588. The summed E-state index contributed by atoms with van der Waals surface area (Å²) in [6.07, 6.45) is 1.72. The molecule has 5 heteroatoms. The molecular weight excluding hydrogens is 360 g/mol. The van der Waals surface area contributed by atoms with E-state index >= 15 is 0 Å². The van der Waals surface area contributed by atoms with Crippen molar-refractivity contribution in [1.29, 1.82) is 5.26 Å². The largest absolute Gasteiger partial charge is 0.462 e. The molecule has 0 amide bonds. The highest BCUT2D eigenvalue weighted by Crippen LogP contribution is 2.28. The van der Waals surface area contributed by atoms with Crippen molar-refractivity contribution in [3.05, 3.63) is 62.8 Å².